The van der Waals surface area contributed by atoms with E-state index in [9.17, 15) is 0 Å². The summed E-state index contributed by atoms with van der Waals surface area (Å²) in [5.74, 6) is 0. The Morgan fingerprint density at radius 1 is 1.00 bits per heavy atom. The van der Waals surface area contributed by atoms with Gasteiger partial charge in [-0.2, -0.15) is 0 Å². The lowest BCUT2D eigenvalue weighted by molar-refractivity contribution is 0.124. The summed E-state index contributed by atoms with van der Waals surface area (Å²) in [5, 5.41) is 3.50. The Kier molecular flexibility index (Phi) is 6.22. The predicted molar refractivity (Wildman–Crippen MR) is 90.9 cm³/mol. The summed E-state index contributed by atoms with van der Waals surface area (Å²) in [5.41, 5.74) is 4.14. The number of hydrogen-bond donors (Lipinski definition) is 1. The smallest absolute Gasteiger partial charge is 0.0447 e. The van der Waals surface area contributed by atoms with Crippen molar-refractivity contribution in [2.45, 2.75) is 33.2 Å². The van der Waals surface area contributed by atoms with Gasteiger partial charge in [0.1, 0.15) is 0 Å². The van der Waals surface area contributed by atoms with Crippen LogP contribution in [0.5, 0.6) is 0 Å². The maximum atomic E-state index is 3.50. The van der Waals surface area contributed by atoms with E-state index in [0.29, 0.717) is 6.04 Å². The van der Waals surface area contributed by atoms with Crippen LogP contribution in [0, 0.1) is 13.8 Å². The average molecular weight is 289 g/mol. The highest BCUT2D eigenvalue weighted by Crippen LogP contribution is 2.18. The summed E-state index contributed by atoms with van der Waals surface area (Å²) in [6.45, 7) is 13.8. The number of hydrogen-bond acceptors (Lipinski definition) is 3. The second-order valence-electron chi connectivity index (χ2n) is 6.40. The second kappa shape index (κ2) is 7.92. The zero-order valence-corrected chi connectivity index (χ0v) is 14.2. The number of nitrogens with zero attached hydrogens (tertiary/aromatic N) is 2. The van der Waals surface area contributed by atoms with Crippen LogP contribution >= 0.6 is 0 Å². The van der Waals surface area contributed by atoms with E-state index in [4.69, 9.17) is 0 Å². The Labute approximate surface area is 130 Å². The molecule has 1 aromatic carbocycles. The molecular weight excluding hydrogens is 258 g/mol. The minimum Gasteiger partial charge on any atom is -0.312 e. The van der Waals surface area contributed by atoms with E-state index in [-0.39, 0.29) is 0 Å². The van der Waals surface area contributed by atoms with Crippen LogP contribution in [0.15, 0.2) is 18.2 Å². The lowest BCUT2D eigenvalue weighted by atomic mass is 10.0. The maximum Gasteiger partial charge on any atom is 0.0447 e. The molecule has 0 amide bonds. The first kappa shape index (κ1) is 16.5. The van der Waals surface area contributed by atoms with Crippen LogP contribution in [0.2, 0.25) is 0 Å². The van der Waals surface area contributed by atoms with Crippen LogP contribution in [-0.4, -0.2) is 56.1 Å². The molecule has 1 N–H and O–H groups in total. The number of aryl methyl sites for hydroxylation is 2. The lowest BCUT2D eigenvalue weighted by Crippen LogP contribution is -2.48. The second-order valence-corrected chi connectivity index (χ2v) is 6.40. The van der Waals surface area contributed by atoms with Crippen molar-refractivity contribution in [2.24, 2.45) is 0 Å². The largest absolute Gasteiger partial charge is 0.312 e. The summed E-state index contributed by atoms with van der Waals surface area (Å²) in [4.78, 5) is 5.19. The zero-order chi connectivity index (χ0) is 15.2. The predicted octanol–water partition coefficient (Wildman–Crippen LogP) is 2.59. The lowest BCUT2D eigenvalue weighted by Gasteiger charge is -2.36. The molecule has 1 aromatic rings. The summed E-state index contributed by atoms with van der Waals surface area (Å²) in [6.07, 6.45) is 1.27. The van der Waals surface area contributed by atoms with E-state index in [2.05, 4.69) is 61.1 Å². The Hall–Kier alpha value is -0.900. The van der Waals surface area contributed by atoms with E-state index >= 15 is 0 Å². The van der Waals surface area contributed by atoms with Crippen LogP contribution in [0.3, 0.4) is 0 Å². The molecule has 3 nitrogen and oxygen atoms in total. The molecule has 0 aliphatic carbocycles. The van der Waals surface area contributed by atoms with Gasteiger partial charge in [0.05, 0.1) is 0 Å². The van der Waals surface area contributed by atoms with E-state index in [1.54, 1.807) is 0 Å². The third kappa shape index (κ3) is 4.80. The molecule has 1 atom stereocenters. The molecule has 0 saturated carbocycles. The summed E-state index contributed by atoms with van der Waals surface area (Å²) >= 11 is 0. The molecule has 1 aliphatic heterocycles. The van der Waals surface area contributed by atoms with Crippen molar-refractivity contribution < 1.29 is 0 Å². The van der Waals surface area contributed by atoms with Gasteiger partial charge >= 0.3 is 0 Å². The first-order valence-electron chi connectivity index (χ1n) is 8.32. The molecule has 1 fully saturated rings. The Bertz CT molecular complexity index is 416. The van der Waals surface area contributed by atoms with Gasteiger partial charge in [-0.25, -0.2) is 0 Å². The third-order valence-corrected chi connectivity index (χ3v) is 4.44. The van der Waals surface area contributed by atoms with Crippen molar-refractivity contribution in [2.75, 3.05) is 46.3 Å². The van der Waals surface area contributed by atoms with Crippen LogP contribution in [0.4, 0.5) is 0 Å². The highest BCUT2D eigenvalue weighted by molar-refractivity contribution is 5.30. The Morgan fingerprint density at radius 3 is 2.10 bits per heavy atom. The van der Waals surface area contributed by atoms with Gasteiger partial charge in [0.25, 0.3) is 0 Å². The highest BCUT2D eigenvalue weighted by atomic mass is 15.3. The molecule has 3 heteroatoms. The Morgan fingerprint density at radius 2 is 1.57 bits per heavy atom. The molecule has 118 valence electrons. The Balaban J connectivity index is 1.94. The van der Waals surface area contributed by atoms with E-state index in [1.165, 1.54) is 55.8 Å². The minimum atomic E-state index is 0.432. The van der Waals surface area contributed by atoms with Crippen molar-refractivity contribution >= 4 is 0 Å². The van der Waals surface area contributed by atoms with E-state index in [0.717, 1.165) is 6.54 Å². The maximum absolute atomic E-state index is 3.50. The number of nitrogens with one attached hydrogen (secondary N) is 1. The summed E-state index contributed by atoms with van der Waals surface area (Å²) < 4.78 is 0. The molecule has 0 aromatic heterocycles. The normalized spacial score (nSPS) is 18.9. The van der Waals surface area contributed by atoms with Crippen LogP contribution in [-0.2, 0) is 0 Å². The topological polar surface area (TPSA) is 18.5 Å². The van der Waals surface area contributed by atoms with Crippen molar-refractivity contribution in [3.8, 4) is 0 Å². The zero-order valence-electron chi connectivity index (χ0n) is 14.2. The van der Waals surface area contributed by atoms with Crippen molar-refractivity contribution in [1.82, 2.24) is 15.1 Å². The molecule has 0 bridgehead atoms. The minimum absolute atomic E-state index is 0.432. The number of benzene rings is 1. The van der Waals surface area contributed by atoms with Gasteiger partial charge in [-0.3, -0.25) is 4.90 Å². The summed E-state index contributed by atoms with van der Waals surface area (Å²) in [7, 11) is 2.08. The van der Waals surface area contributed by atoms with Gasteiger partial charge in [-0.05, 0) is 39.4 Å². The van der Waals surface area contributed by atoms with Gasteiger partial charge in [-0.15, -0.1) is 0 Å². The molecule has 1 aliphatic rings. The number of piperazine rings is 1. The van der Waals surface area contributed by atoms with Crippen molar-refractivity contribution in [1.29, 1.82) is 0 Å². The fourth-order valence-corrected chi connectivity index (χ4v) is 3.34. The highest BCUT2D eigenvalue weighted by Gasteiger charge is 2.20. The molecule has 2 rings (SSSR count). The molecular formula is C18H31N3. The standard InChI is InChI=1S/C18H31N3/c1-5-6-20-7-9-21(10-8-20)14-18(19-4)17-12-15(2)11-16(3)13-17/h11-13,18-19H,5-10,14H2,1-4H3. The molecule has 1 heterocycles. The van der Waals surface area contributed by atoms with Crippen LogP contribution < -0.4 is 5.32 Å². The molecule has 1 unspecified atom stereocenters. The van der Waals surface area contributed by atoms with Gasteiger partial charge in [-0.1, -0.05) is 36.2 Å². The quantitative estimate of drug-likeness (QED) is 0.868. The van der Waals surface area contributed by atoms with Crippen LogP contribution in [0.25, 0.3) is 0 Å². The van der Waals surface area contributed by atoms with Gasteiger partial charge in [0.15, 0.2) is 0 Å². The van der Waals surface area contributed by atoms with Crippen LogP contribution in [0.1, 0.15) is 36.1 Å². The van der Waals surface area contributed by atoms with Crippen molar-refractivity contribution in [3.63, 3.8) is 0 Å². The SMILES string of the molecule is CCCN1CCN(CC(NC)c2cc(C)cc(C)c2)CC1. The number of rotatable bonds is 6. The summed E-state index contributed by atoms with van der Waals surface area (Å²) in [6, 6.07) is 7.32. The molecule has 0 radical (unpaired) electrons. The fourth-order valence-electron chi connectivity index (χ4n) is 3.34. The fraction of sp³-hybridized carbons (Fsp3) is 0.667. The van der Waals surface area contributed by atoms with Gasteiger partial charge < -0.3 is 10.2 Å². The van der Waals surface area contributed by atoms with Crippen molar-refractivity contribution in [3.05, 3.63) is 34.9 Å². The molecule has 1 saturated heterocycles. The van der Waals surface area contributed by atoms with E-state index < -0.39 is 0 Å². The monoisotopic (exact) mass is 289 g/mol. The number of likely N-dealkylation sites (N-methyl/N-ethyl adjacent to an activating group) is 1. The molecule has 0 spiro atoms. The first-order chi connectivity index (χ1) is 10.1. The van der Waals surface area contributed by atoms with Gasteiger partial charge in [0, 0.05) is 38.8 Å². The molecule has 21 heavy (non-hydrogen) atoms. The first-order valence-corrected chi connectivity index (χ1v) is 8.32. The average Bonchev–Trinajstić information content (AvgIpc) is 2.45. The third-order valence-electron chi connectivity index (χ3n) is 4.44. The van der Waals surface area contributed by atoms with E-state index in [1.807, 2.05) is 0 Å². The van der Waals surface area contributed by atoms with Gasteiger partial charge in [0.2, 0.25) is 0 Å².